The fourth-order valence-corrected chi connectivity index (χ4v) is 3.80. The molecule has 0 bridgehead atoms. The molecule has 0 aliphatic carbocycles. The topological polar surface area (TPSA) is 48.9 Å². The summed E-state index contributed by atoms with van der Waals surface area (Å²) in [5, 5.41) is 2.59. The van der Waals surface area contributed by atoms with Crippen LogP contribution in [0.25, 0.3) is 10.8 Å². The first-order valence-corrected chi connectivity index (χ1v) is 9.46. The second-order valence-corrected chi connectivity index (χ2v) is 7.11. The van der Waals surface area contributed by atoms with Gasteiger partial charge in [0, 0.05) is 44.7 Å². The van der Waals surface area contributed by atoms with Gasteiger partial charge in [0.25, 0.3) is 0 Å². The van der Waals surface area contributed by atoms with Crippen LogP contribution in [0.4, 0.5) is 5.82 Å². The molecule has 2 aromatic rings. The molecule has 1 amide bonds. The van der Waals surface area contributed by atoms with Crippen molar-refractivity contribution in [1.29, 1.82) is 0 Å². The van der Waals surface area contributed by atoms with Crippen LogP contribution in [0.5, 0.6) is 0 Å². The first kappa shape index (κ1) is 17.5. The molecule has 0 spiro atoms. The summed E-state index contributed by atoms with van der Waals surface area (Å²) in [4.78, 5) is 23.4. The number of hydrogen-bond donors (Lipinski definition) is 0. The van der Waals surface area contributed by atoms with Crippen LogP contribution in [0.15, 0.2) is 30.3 Å². The molecule has 6 nitrogen and oxygen atoms in total. The molecule has 0 saturated carbocycles. The molecule has 0 atom stereocenters. The van der Waals surface area contributed by atoms with Gasteiger partial charge in [-0.2, -0.15) is 0 Å². The van der Waals surface area contributed by atoms with E-state index in [4.69, 9.17) is 16.3 Å². The van der Waals surface area contributed by atoms with Crippen molar-refractivity contribution in [3.63, 3.8) is 0 Å². The normalized spacial score (nSPS) is 19.1. The maximum absolute atomic E-state index is 12.5. The summed E-state index contributed by atoms with van der Waals surface area (Å²) in [5.41, 5.74) is 0. The van der Waals surface area contributed by atoms with Gasteiger partial charge in [0.15, 0.2) is 0 Å². The summed E-state index contributed by atoms with van der Waals surface area (Å²) < 4.78 is 5.34. The number of carbonyl (C=O) groups excluding carboxylic acids is 1. The second kappa shape index (κ2) is 7.78. The number of halogens is 1. The van der Waals surface area contributed by atoms with Crippen LogP contribution < -0.4 is 4.90 Å². The molecule has 1 aromatic heterocycles. The van der Waals surface area contributed by atoms with E-state index in [0.29, 0.717) is 11.7 Å². The number of amides is 1. The molecule has 2 fully saturated rings. The number of aromatic nitrogens is 1. The lowest BCUT2D eigenvalue weighted by Crippen LogP contribution is -2.52. The summed E-state index contributed by atoms with van der Waals surface area (Å²) >= 11 is 6.35. The lowest BCUT2D eigenvalue weighted by molar-refractivity contribution is -0.133. The highest BCUT2D eigenvalue weighted by molar-refractivity contribution is 6.34. The number of fused-ring (bicyclic) bond motifs is 1. The smallest absolute Gasteiger partial charge is 0.236 e. The van der Waals surface area contributed by atoms with Crippen LogP contribution in [-0.4, -0.2) is 79.7 Å². The van der Waals surface area contributed by atoms with E-state index in [1.54, 1.807) is 0 Å². The molecule has 0 unspecified atom stereocenters. The standard InChI is InChI=1S/C19H23ClN4O2/c20-19-16-4-2-1-3-15(16)13-17(21-19)23-5-7-24(8-6-23)18(25)14-22-9-11-26-12-10-22/h1-4,13H,5-12,14H2. The Hall–Kier alpha value is -1.89. The number of piperazine rings is 1. The van der Waals surface area contributed by atoms with Crippen LogP contribution in [0.2, 0.25) is 5.15 Å². The average Bonchev–Trinajstić information content (AvgIpc) is 2.69. The predicted octanol–water partition coefficient (Wildman–Crippen LogP) is 1.87. The van der Waals surface area contributed by atoms with Crippen molar-refractivity contribution in [3.8, 4) is 0 Å². The van der Waals surface area contributed by atoms with Crippen molar-refractivity contribution < 1.29 is 9.53 Å². The maximum atomic E-state index is 12.5. The van der Waals surface area contributed by atoms with Crippen LogP contribution in [-0.2, 0) is 9.53 Å². The molecule has 0 radical (unpaired) electrons. The number of anilines is 1. The molecule has 2 aliphatic heterocycles. The van der Waals surface area contributed by atoms with Gasteiger partial charge in [-0.05, 0) is 11.5 Å². The molecule has 4 rings (SSSR count). The monoisotopic (exact) mass is 374 g/mol. The van der Waals surface area contributed by atoms with E-state index in [9.17, 15) is 4.79 Å². The van der Waals surface area contributed by atoms with Gasteiger partial charge in [-0.1, -0.05) is 35.9 Å². The van der Waals surface area contributed by atoms with E-state index < -0.39 is 0 Å². The van der Waals surface area contributed by atoms with E-state index >= 15 is 0 Å². The van der Waals surface area contributed by atoms with Crippen LogP contribution in [0.3, 0.4) is 0 Å². The van der Waals surface area contributed by atoms with E-state index in [2.05, 4.69) is 26.9 Å². The maximum Gasteiger partial charge on any atom is 0.236 e. The van der Waals surface area contributed by atoms with Crippen molar-refractivity contribution in [2.24, 2.45) is 0 Å². The number of ether oxygens (including phenoxy) is 1. The lowest BCUT2D eigenvalue weighted by atomic mass is 10.1. The third-order valence-corrected chi connectivity index (χ3v) is 5.39. The Bertz CT molecular complexity index is 786. The minimum Gasteiger partial charge on any atom is -0.379 e. The second-order valence-electron chi connectivity index (χ2n) is 6.75. The summed E-state index contributed by atoms with van der Waals surface area (Å²) in [6.07, 6.45) is 0. The Balaban J connectivity index is 1.38. The lowest BCUT2D eigenvalue weighted by Gasteiger charge is -2.37. The third kappa shape index (κ3) is 3.77. The largest absolute Gasteiger partial charge is 0.379 e. The number of carbonyl (C=O) groups is 1. The van der Waals surface area contributed by atoms with Gasteiger partial charge in [-0.3, -0.25) is 9.69 Å². The Morgan fingerprint density at radius 2 is 1.81 bits per heavy atom. The van der Waals surface area contributed by atoms with Crippen molar-refractivity contribution in [1.82, 2.24) is 14.8 Å². The van der Waals surface area contributed by atoms with Crippen LogP contribution >= 0.6 is 11.6 Å². The fraction of sp³-hybridized carbons (Fsp3) is 0.474. The van der Waals surface area contributed by atoms with Crippen LogP contribution in [0.1, 0.15) is 0 Å². The fourth-order valence-electron chi connectivity index (χ4n) is 3.54. The van der Waals surface area contributed by atoms with Crippen LogP contribution in [0, 0.1) is 0 Å². The minimum absolute atomic E-state index is 0.205. The highest BCUT2D eigenvalue weighted by Gasteiger charge is 2.24. The number of rotatable bonds is 3. The number of benzene rings is 1. The number of morpholine rings is 1. The van der Waals surface area contributed by atoms with Gasteiger partial charge in [0.1, 0.15) is 11.0 Å². The Kier molecular flexibility index (Phi) is 5.24. The molecule has 2 saturated heterocycles. The van der Waals surface area contributed by atoms with Gasteiger partial charge in [-0.25, -0.2) is 4.98 Å². The van der Waals surface area contributed by atoms with E-state index in [-0.39, 0.29) is 5.91 Å². The zero-order valence-corrected chi connectivity index (χ0v) is 15.5. The van der Waals surface area contributed by atoms with E-state index in [1.807, 2.05) is 23.1 Å². The number of pyridine rings is 1. The predicted molar refractivity (Wildman–Crippen MR) is 103 cm³/mol. The van der Waals surface area contributed by atoms with Gasteiger partial charge in [0.2, 0.25) is 5.91 Å². The molecule has 1 aromatic carbocycles. The first-order chi connectivity index (χ1) is 12.7. The number of nitrogens with zero attached hydrogens (tertiary/aromatic N) is 4. The van der Waals surface area contributed by atoms with E-state index in [0.717, 1.165) is 69.1 Å². The van der Waals surface area contributed by atoms with Crippen molar-refractivity contribution in [3.05, 3.63) is 35.5 Å². The highest BCUT2D eigenvalue weighted by atomic mass is 35.5. The molecule has 138 valence electrons. The van der Waals surface area contributed by atoms with Gasteiger partial charge >= 0.3 is 0 Å². The first-order valence-electron chi connectivity index (χ1n) is 9.09. The van der Waals surface area contributed by atoms with Gasteiger partial charge in [-0.15, -0.1) is 0 Å². The van der Waals surface area contributed by atoms with Crippen molar-refractivity contribution in [2.45, 2.75) is 0 Å². The molecule has 3 heterocycles. The molecular weight excluding hydrogens is 352 g/mol. The minimum atomic E-state index is 0.205. The Morgan fingerprint density at radius 1 is 1.08 bits per heavy atom. The zero-order valence-electron chi connectivity index (χ0n) is 14.7. The van der Waals surface area contributed by atoms with Gasteiger partial charge in [0.05, 0.1) is 19.8 Å². The summed E-state index contributed by atoms with van der Waals surface area (Å²) in [7, 11) is 0. The molecule has 26 heavy (non-hydrogen) atoms. The molecule has 2 aliphatic rings. The zero-order chi connectivity index (χ0) is 17.9. The van der Waals surface area contributed by atoms with Crippen molar-refractivity contribution >= 4 is 34.1 Å². The molecular formula is C19H23ClN4O2. The third-order valence-electron chi connectivity index (χ3n) is 5.10. The molecule has 7 heteroatoms. The SMILES string of the molecule is O=C(CN1CCOCC1)N1CCN(c2cc3ccccc3c(Cl)n2)CC1. The quantitative estimate of drug-likeness (QED) is 0.768. The average molecular weight is 375 g/mol. The summed E-state index contributed by atoms with van der Waals surface area (Å²) in [6, 6.07) is 10.1. The van der Waals surface area contributed by atoms with E-state index in [1.165, 1.54) is 0 Å². The van der Waals surface area contributed by atoms with Gasteiger partial charge < -0.3 is 14.5 Å². The van der Waals surface area contributed by atoms with Crippen molar-refractivity contribution in [2.75, 3.05) is 63.9 Å². The Morgan fingerprint density at radius 3 is 2.58 bits per heavy atom. The summed E-state index contributed by atoms with van der Waals surface area (Å²) in [6.45, 7) is 6.59. The summed E-state index contributed by atoms with van der Waals surface area (Å²) in [5.74, 6) is 1.09. The highest BCUT2D eigenvalue weighted by Crippen LogP contribution is 2.26. The Labute approximate surface area is 158 Å². The number of hydrogen-bond acceptors (Lipinski definition) is 5. The molecule has 0 N–H and O–H groups in total.